The Kier molecular flexibility index (Phi) is 4.78. The Morgan fingerprint density at radius 1 is 1.29 bits per heavy atom. The molecule has 3 N–H and O–H groups in total. The van der Waals surface area contributed by atoms with E-state index in [4.69, 9.17) is 10.6 Å². The van der Waals surface area contributed by atoms with Gasteiger partial charge in [-0.3, -0.25) is 20.0 Å². The standard InChI is InChI=1S/C15H28N4O2/c1-11-8-18-7-3-2-4-12(18)9-19(11)10-13-5-6-14(21-13)15(20)17-16/h11-14H,2-10,16H2,1H3,(H,17,20). The first-order valence-corrected chi connectivity index (χ1v) is 8.31. The topological polar surface area (TPSA) is 70.8 Å². The SMILES string of the molecule is CC1CN2CCCCC2CN1CC1CCC(C(=O)NN)O1. The van der Waals surface area contributed by atoms with E-state index in [9.17, 15) is 4.79 Å². The van der Waals surface area contributed by atoms with Gasteiger partial charge in [-0.05, 0) is 39.2 Å². The Bertz CT molecular complexity index is 379. The molecule has 0 aliphatic carbocycles. The molecular formula is C15H28N4O2. The molecule has 3 saturated heterocycles. The highest BCUT2D eigenvalue weighted by Crippen LogP contribution is 2.26. The lowest BCUT2D eigenvalue weighted by molar-refractivity contribution is -0.132. The normalized spacial score (nSPS) is 38.2. The van der Waals surface area contributed by atoms with E-state index in [1.165, 1.54) is 32.4 Å². The molecule has 6 nitrogen and oxygen atoms in total. The lowest BCUT2D eigenvalue weighted by atomic mass is 9.97. The lowest BCUT2D eigenvalue weighted by Gasteiger charge is -2.48. The summed E-state index contributed by atoms with van der Waals surface area (Å²) in [7, 11) is 0. The molecule has 21 heavy (non-hydrogen) atoms. The highest BCUT2D eigenvalue weighted by atomic mass is 16.5. The fourth-order valence-corrected chi connectivity index (χ4v) is 4.05. The minimum atomic E-state index is -0.355. The van der Waals surface area contributed by atoms with Crippen molar-refractivity contribution in [3.63, 3.8) is 0 Å². The fourth-order valence-electron chi connectivity index (χ4n) is 4.05. The third-order valence-corrected chi connectivity index (χ3v) is 5.30. The van der Waals surface area contributed by atoms with Gasteiger partial charge in [-0.25, -0.2) is 5.84 Å². The first kappa shape index (κ1) is 15.2. The summed E-state index contributed by atoms with van der Waals surface area (Å²) in [5.41, 5.74) is 2.19. The van der Waals surface area contributed by atoms with Crippen LogP contribution in [0.25, 0.3) is 0 Å². The van der Waals surface area contributed by atoms with Crippen LogP contribution in [0.2, 0.25) is 0 Å². The van der Waals surface area contributed by atoms with Gasteiger partial charge in [-0.1, -0.05) is 6.42 Å². The van der Waals surface area contributed by atoms with Gasteiger partial charge in [0.2, 0.25) is 0 Å². The molecule has 3 rings (SSSR count). The van der Waals surface area contributed by atoms with Gasteiger partial charge in [0.15, 0.2) is 0 Å². The summed E-state index contributed by atoms with van der Waals surface area (Å²) in [5.74, 6) is 4.99. The maximum Gasteiger partial charge on any atom is 0.263 e. The first-order chi connectivity index (χ1) is 10.2. The van der Waals surface area contributed by atoms with Crippen molar-refractivity contribution in [3.8, 4) is 0 Å². The van der Waals surface area contributed by atoms with E-state index in [1.54, 1.807) is 0 Å². The van der Waals surface area contributed by atoms with Gasteiger partial charge in [-0.15, -0.1) is 0 Å². The zero-order valence-electron chi connectivity index (χ0n) is 13.0. The third-order valence-electron chi connectivity index (χ3n) is 5.30. The van der Waals surface area contributed by atoms with Crippen LogP contribution in [0.1, 0.15) is 39.0 Å². The van der Waals surface area contributed by atoms with E-state index >= 15 is 0 Å². The monoisotopic (exact) mass is 296 g/mol. The number of nitrogens with zero attached hydrogens (tertiary/aromatic N) is 2. The number of carbonyl (C=O) groups excluding carboxylic acids is 1. The minimum Gasteiger partial charge on any atom is -0.364 e. The Labute approximate surface area is 126 Å². The molecule has 0 radical (unpaired) electrons. The van der Waals surface area contributed by atoms with Crippen molar-refractivity contribution < 1.29 is 9.53 Å². The number of piperazine rings is 1. The number of nitrogens with one attached hydrogen (secondary N) is 1. The van der Waals surface area contributed by atoms with Crippen molar-refractivity contribution in [2.24, 2.45) is 5.84 Å². The molecule has 3 aliphatic rings. The zero-order valence-corrected chi connectivity index (χ0v) is 13.0. The van der Waals surface area contributed by atoms with Crippen LogP contribution in [0.15, 0.2) is 0 Å². The molecule has 3 aliphatic heterocycles. The van der Waals surface area contributed by atoms with E-state index in [2.05, 4.69) is 22.1 Å². The van der Waals surface area contributed by atoms with Gasteiger partial charge in [0.25, 0.3) is 5.91 Å². The zero-order chi connectivity index (χ0) is 14.8. The molecule has 0 aromatic rings. The predicted molar refractivity (Wildman–Crippen MR) is 80.5 cm³/mol. The van der Waals surface area contributed by atoms with Crippen LogP contribution in [0, 0.1) is 0 Å². The molecular weight excluding hydrogens is 268 g/mol. The van der Waals surface area contributed by atoms with Gasteiger partial charge in [-0.2, -0.15) is 0 Å². The molecule has 4 atom stereocenters. The molecule has 6 heteroatoms. The second kappa shape index (κ2) is 6.60. The number of carbonyl (C=O) groups is 1. The van der Waals surface area contributed by atoms with Crippen molar-refractivity contribution >= 4 is 5.91 Å². The molecule has 4 unspecified atom stereocenters. The molecule has 1 amide bonds. The number of hydrogen-bond acceptors (Lipinski definition) is 5. The molecule has 3 heterocycles. The van der Waals surface area contributed by atoms with Crippen molar-refractivity contribution in [1.82, 2.24) is 15.2 Å². The Morgan fingerprint density at radius 2 is 2.14 bits per heavy atom. The van der Waals surface area contributed by atoms with Crippen LogP contribution in [-0.4, -0.2) is 66.2 Å². The summed E-state index contributed by atoms with van der Waals surface area (Å²) >= 11 is 0. The molecule has 0 aromatic heterocycles. The molecule has 0 spiro atoms. The van der Waals surface area contributed by atoms with Gasteiger partial charge >= 0.3 is 0 Å². The van der Waals surface area contributed by atoms with Gasteiger partial charge in [0.1, 0.15) is 6.10 Å². The number of ether oxygens (including phenoxy) is 1. The van der Waals surface area contributed by atoms with Crippen LogP contribution < -0.4 is 11.3 Å². The highest BCUT2D eigenvalue weighted by Gasteiger charge is 2.36. The van der Waals surface area contributed by atoms with Gasteiger partial charge in [0.05, 0.1) is 6.10 Å². The van der Waals surface area contributed by atoms with Gasteiger partial charge in [0, 0.05) is 31.7 Å². The Morgan fingerprint density at radius 3 is 2.95 bits per heavy atom. The number of nitrogens with two attached hydrogens (primary N) is 1. The highest BCUT2D eigenvalue weighted by molar-refractivity contribution is 5.80. The van der Waals surface area contributed by atoms with Crippen molar-refractivity contribution in [2.75, 3.05) is 26.2 Å². The summed E-state index contributed by atoms with van der Waals surface area (Å²) in [4.78, 5) is 16.7. The average molecular weight is 296 g/mol. The number of piperidine rings is 1. The molecule has 120 valence electrons. The van der Waals surface area contributed by atoms with Crippen molar-refractivity contribution in [2.45, 2.75) is 63.3 Å². The quantitative estimate of drug-likeness (QED) is 0.438. The maximum absolute atomic E-state index is 11.5. The Balaban J connectivity index is 1.52. The van der Waals surface area contributed by atoms with E-state index in [0.29, 0.717) is 6.04 Å². The summed E-state index contributed by atoms with van der Waals surface area (Å²) in [6, 6.07) is 1.30. The summed E-state index contributed by atoms with van der Waals surface area (Å²) < 4.78 is 5.85. The predicted octanol–water partition coefficient (Wildman–Crippen LogP) is 0.0825. The molecule has 0 bridgehead atoms. The van der Waals surface area contributed by atoms with Crippen LogP contribution in [-0.2, 0) is 9.53 Å². The second-order valence-corrected chi connectivity index (χ2v) is 6.78. The lowest BCUT2D eigenvalue weighted by Crippen LogP contribution is -2.59. The maximum atomic E-state index is 11.5. The fraction of sp³-hybridized carbons (Fsp3) is 0.933. The molecule has 0 saturated carbocycles. The minimum absolute atomic E-state index is 0.171. The Hall–Kier alpha value is -0.690. The second-order valence-electron chi connectivity index (χ2n) is 6.78. The van der Waals surface area contributed by atoms with E-state index in [0.717, 1.165) is 32.0 Å². The van der Waals surface area contributed by atoms with Crippen LogP contribution in [0.5, 0.6) is 0 Å². The molecule has 3 fully saturated rings. The van der Waals surface area contributed by atoms with Crippen LogP contribution >= 0.6 is 0 Å². The number of amides is 1. The third kappa shape index (κ3) is 3.39. The van der Waals surface area contributed by atoms with Crippen LogP contribution in [0.4, 0.5) is 0 Å². The van der Waals surface area contributed by atoms with E-state index in [1.807, 2.05) is 0 Å². The number of fused-ring (bicyclic) bond motifs is 1. The van der Waals surface area contributed by atoms with Crippen LogP contribution in [0.3, 0.4) is 0 Å². The number of rotatable bonds is 3. The molecule has 0 aromatic carbocycles. The largest absolute Gasteiger partial charge is 0.364 e. The summed E-state index contributed by atoms with van der Waals surface area (Å²) in [6.45, 7) is 6.84. The number of hydrogen-bond donors (Lipinski definition) is 2. The summed E-state index contributed by atoms with van der Waals surface area (Å²) in [5, 5.41) is 0. The van der Waals surface area contributed by atoms with E-state index < -0.39 is 0 Å². The average Bonchev–Trinajstić information content (AvgIpc) is 2.96. The van der Waals surface area contributed by atoms with E-state index in [-0.39, 0.29) is 18.1 Å². The summed E-state index contributed by atoms with van der Waals surface area (Å²) in [6.07, 6.45) is 5.59. The van der Waals surface area contributed by atoms with Crippen molar-refractivity contribution in [3.05, 3.63) is 0 Å². The van der Waals surface area contributed by atoms with Crippen molar-refractivity contribution in [1.29, 1.82) is 0 Å². The number of hydrazine groups is 1. The van der Waals surface area contributed by atoms with Gasteiger partial charge < -0.3 is 4.74 Å². The first-order valence-electron chi connectivity index (χ1n) is 8.31. The smallest absolute Gasteiger partial charge is 0.263 e.